The molecule has 0 fully saturated rings. The molecule has 0 aliphatic carbocycles. The Kier molecular flexibility index (Phi) is 6.43. The summed E-state index contributed by atoms with van der Waals surface area (Å²) >= 11 is 0. The van der Waals surface area contributed by atoms with Gasteiger partial charge in [-0.25, -0.2) is 14.3 Å². The fourth-order valence-electron chi connectivity index (χ4n) is 4.46. The molecule has 0 saturated carbocycles. The monoisotopic (exact) mass is 497 g/mol. The third-order valence-electron chi connectivity index (χ3n) is 6.32. The fraction of sp³-hybridized carbons (Fsp3) is 0.250. The highest BCUT2D eigenvalue weighted by molar-refractivity contribution is 5.91. The van der Waals surface area contributed by atoms with E-state index in [1.807, 2.05) is 44.2 Å². The number of pyridine rings is 1. The van der Waals surface area contributed by atoms with E-state index in [-0.39, 0.29) is 18.0 Å². The fourth-order valence-corrected chi connectivity index (χ4v) is 4.46. The summed E-state index contributed by atoms with van der Waals surface area (Å²) in [6.07, 6.45) is 1.55. The smallest absolute Gasteiger partial charge is 0.352 e. The SMILES string of the molecule is CCCCn1c(=O)nc2n(-c3ccc(C(=O)OCC)cc3)c3c(cc-2c1=O)c(C)nn3-c1ccccc1. The Morgan fingerprint density at radius 2 is 1.70 bits per heavy atom. The van der Waals surface area contributed by atoms with Crippen molar-refractivity contribution in [3.63, 3.8) is 0 Å². The molecule has 3 heterocycles. The summed E-state index contributed by atoms with van der Waals surface area (Å²) in [6.45, 7) is 6.22. The minimum atomic E-state index is -0.593. The summed E-state index contributed by atoms with van der Waals surface area (Å²) in [6, 6.07) is 18.2. The van der Waals surface area contributed by atoms with Gasteiger partial charge in [0.15, 0.2) is 5.82 Å². The van der Waals surface area contributed by atoms with E-state index in [4.69, 9.17) is 9.84 Å². The second-order valence-electron chi connectivity index (χ2n) is 8.76. The van der Waals surface area contributed by atoms with Gasteiger partial charge in [-0.1, -0.05) is 31.5 Å². The van der Waals surface area contributed by atoms with Gasteiger partial charge in [0, 0.05) is 17.6 Å². The first-order chi connectivity index (χ1) is 17.9. The summed E-state index contributed by atoms with van der Waals surface area (Å²) in [7, 11) is 0. The van der Waals surface area contributed by atoms with Crippen LogP contribution in [0, 0.1) is 6.92 Å². The van der Waals surface area contributed by atoms with Crippen LogP contribution in [-0.2, 0) is 11.3 Å². The minimum absolute atomic E-state index is 0.233. The van der Waals surface area contributed by atoms with Crippen LogP contribution in [0.15, 0.2) is 70.3 Å². The van der Waals surface area contributed by atoms with Crippen molar-refractivity contribution in [1.82, 2.24) is 23.9 Å². The number of carbonyl (C=O) groups is 1. The molecule has 5 rings (SSSR count). The van der Waals surface area contributed by atoms with Crippen LogP contribution >= 0.6 is 0 Å². The summed E-state index contributed by atoms with van der Waals surface area (Å²) in [5.41, 5.74) is 2.57. The van der Waals surface area contributed by atoms with Crippen molar-refractivity contribution >= 4 is 17.0 Å². The Morgan fingerprint density at radius 1 is 0.973 bits per heavy atom. The van der Waals surface area contributed by atoms with Crippen LogP contribution in [0.4, 0.5) is 0 Å². The van der Waals surface area contributed by atoms with Crippen molar-refractivity contribution < 1.29 is 9.53 Å². The first kappa shape index (κ1) is 24.2. The van der Waals surface area contributed by atoms with Crippen LogP contribution in [0.5, 0.6) is 0 Å². The first-order valence-electron chi connectivity index (χ1n) is 12.3. The van der Waals surface area contributed by atoms with Crippen molar-refractivity contribution in [2.24, 2.45) is 0 Å². The molecule has 9 nitrogen and oxygen atoms in total. The summed E-state index contributed by atoms with van der Waals surface area (Å²) in [5, 5.41) is 5.53. The van der Waals surface area contributed by atoms with Crippen LogP contribution in [0.1, 0.15) is 42.7 Å². The zero-order chi connectivity index (χ0) is 26.1. The van der Waals surface area contributed by atoms with Crippen LogP contribution in [0.2, 0.25) is 0 Å². The molecule has 0 unspecified atom stereocenters. The molecule has 2 aromatic carbocycles. The predicted molar refractivity (Wildman–Crippen MR) is 141 cm³/mol. The molecule has 9 heteroatoms. The largest absolute Gasteiger partial charge is 0.462 e. The quantitative estimate of drug-likeness (QED) is 0.314. The van der Waals surface area contributed by atoms with Crippen molar-refractivity contribution in [2.75, 3.05) is 6.61 Å². The normalized spacial score (nSPS) is 11.3. The lowest BCUT2D eigenvalue weighted by molar-refractivity contribution is 0.0526. The van der Waals surface area contributed by atoms with Crippen molar-refractivity contribution in [1.29, 1.82) is 0 Å². The van der Waals surface area contributed by atoms with Crippen molar-refractivity contribution in [3.8, 4) is 22.8 Å². The zero-order valence-electron chi connectivity index (χ0n) is 21.0. The molecule has 188 valence electrons. The molecule has 2 aliphatic heterocycles. The van der Waals surface area contributed by atoms with Crippen LogP contribution in [-0.4, -0.2) is 36.5 Å². The number of hydrogen-bond donors (Lipinski definition) is 0. The molecule has 0 saturated heterocycles. The Hall–Kier alpha value is -4.53. The first-order valence-corrected chi connectivity index (χ1v) is 12.3. The predicted octanol–water partition coefficient (Wildman–Crippen LogP) is 4.12. The Morgan fingerprint density at radius 3 is 2.38 bits per heavy atom. The van der Waals surface area contributed by atoms with Gasteiger partial charge in [0.05, 0.1) is 29.1 Å². The number of carbonyl (C=O) groups excluding carboxylic acids is 1. The van der Waals surface area contributed by atoms with E-state index in [2.05, 4.69) is 4.98 Å². The van der Waals surface area contributed by atoms with Gasteiger partial charge in [-0.15, -0.1) is 0 Å². The van der Waals surface area contributed by atoms with Gasteiger partial charge in [-0.3, -0.25) is 13.9 Å². The molecular formula is C28H27N5O4. The third-order valence-corrected chi connectivity index (χ3v) is 6.32. The van der Waals surface area contributed by atoms with Gasteiger partial charge < -0.3 is 4.74 Å². The van der Waals surface area contributed by atoms with Gasteiger partial charge in [-0.05, 0) is 62.7 Å². The van der Waals surface area contributed by atoms with Crippen LogP contribution in [0.25, 0.3) is 33.8 Å². The molecule has 0 bridgehead atoms. The van der Waals surface area contributed by atoms with Gasteiger partial charge >= 0.3 is 11.7 Å². The van der Waals surface area contributed by atoms with Gasteiger partial charge in [0.2, 0.25) is 0 Å². The summed E-state index contributed by atoms with van der Waals surface area (Å²) in [4.78, 5) is 43.1. The molecule has 2 aliphatic rings. The lowest BCUT2D eigenvalue weighted by Gasteiger charge is -2.19. The Bertz CT molecular complexity index is 1680. The van der Waals surface area contributed by atoms with Gasteiger partial charge in [0.1, 0.15) is 5.65 Å². The molecular weight excluding hydrogens is 470 g/mol. The maximum atomic E-state index is 13.5. The summed E-state index contributed by atoms with van der Waals surface area (Å²) in [5.74, 6) is -0.192. The lowest BCUT2D eigenvalue weighted by atomic mass is 10.1. The number of unbranched alkanes of at least 4 members (excludes halogenated alkanes) is 1. The number of nitrogens with zero attached hydrogens (tertiary/aromatic N) is 5. The van der Waals surface area contributed by atoms with E-state index in [0.29, 0.717) is 35.4 Å². The molecule has 37 heavy (non-hydrogen) atoms. The topological polar surface area (TPSA) is 101 Å². The second-order valence-corrected chi connectivity index (χ2v) is 8.76. The number of benzene rings is 2. The standard InChI is InChI=1S/C28H27N5O4/c1-4-6-16-31-26(34)23-17-22-18(3)30-33(21-10-8-7-9-11-21)25(22)32(24(23)29-28(31)36)20-14-12-19(13-15-20)27(35)37-5-2/h7-15,17H,4-6,16H2,1-3H3. The van der Waals surface area contributed by atoms with Crippen LogP contribution in [0.3, 0.4) is 0 Å². The van der Waals surface area contributed by atoms with Gasteiger partial charge in [0.25, 0.3) is 5.56 Å². The van der Waals surface area contributed by atoms with Crippen LogP contribution < -0.4 is 11.2 Å². The number of aromatic nitrogens is 5. The summed E-state index contributed by atoms with van der Waals surface area (Å²) < 4.78 is 9.85. The molecule has 1 aromatic heterocycles. The molecule has 0 amide bonds. The number of rotatable bonds is 7. The number of ether oxygens (including phenoxy) is 1. The van der Waals surface area contributed by atoms with E-state index in [1.54, 1.807) is 46.5 Å². The molecule has 3 aromatic rings. The number of hydrogen-bond acceptors (Lipinski definition) is 6. The van der Waals surface area contributed by atoms with E-state index in [1.165, 1.54) is 4.57 Å². The average molecular weight is 498 g/mol. The highest BCUT2D eigenvalue weighted by atomic mass is 16.5. The Labute approximate surface area is 212 Å². The zero-order valence-corrected chi connectivity index (χ0v) is 21.0. The number of aryl methyl sites for hydroxylation is 1. The highest BCUT2D eigenvalue weighted by Gasteiger charge is 2.25. The molecule has 0 radical (unpaired) electrons. The molecule has 0 spiro atoms. The van der Waals surface area contributed by atoms with E-state index < -0.39 is 11.7 Å². The maximum absolute atomic E-state index is 13.5. The van der Waals surface area contributed by atoms with Crippen molar-refractivity contribution in [2.45, 2.75) is 40.2 Å². The minimum Gasteiger partial charge on any atom is -0.462 e. The number of esters is 1. The van der Waals surface area contributed by atoms with Gasteiger partial charge in [-0.2, -0.15) is 10.1 Å². The third kappa shape index (κ3) is 4.22. The average Bonchev–Trinajstić information content (AvgIpc) is 3.24. The number of fused-ring (bicyclic) bond motifs is 2. The highest BCUT2D eigenvalue weighted by Crippen LogP contribution is 2.31. The van der Waals surface area contributed by atoms with Crippen molar-refractivity contribution in [3.05, 3.63) is 92.8 Å². The number of para-hydroxylation sites is 1. The Balaban J connectivity index is 1.86. The lowest BCUT2D eigenvalue weighted by Crippen LogP contribution is -2.38. The van der Waals surface area contributed by atoms with E-state index in [0.717, 1.165) is 23.2 Å². The van der Waals surface area contributed by atoms with E-state index >= 15 is 0 Å². The maximum Gasteiger partial charge on any atom is 0.352 e. The van der Waals surface area contributed by atoms with E-state index in [9.17, 15) is 14.4 Å². The molecule has 0 atom stereocenters. The second kappa shape index (κ2) is 9.85. The molecule has 0 N–H and O–H groups in total.